The number of fused-ring (bicyclic) bond motifs is 1. The molecule has 6 heteroatoms. The number of cyclic esters (lactones) is 1. The average Bonchev–Trinajstić information content (AvgIpc) is 2.42. The number of rotatable bonds is 0. The molecule has 78 valence electrons. The van der Waals surface area contributed by atoms with Crippen molar-refractivity contribution in [2.45, 2.75) is 19.1 Å². The maximum atomic E-state index is 11.2. The number of amides is 2. The first kappa shape index (κ1) is 9.11. The van der Waals surface area contributed by atoms with Crippen molar-refractivity contribution in [3.8, 4) is 0 Å². The van der Waals surface area contributed by atoms with Crippen LogP contribution in [-0.4, -0.2) is 58.9 Å². The molecule has 2 aliphatic heterocycles. The Kier molecular flexibility index (Phi) is 1.98. The summed E-state index contributed by atoms with van der Waals surface area (Å²) >= 11 is 0. The molecule has 1 N–H and O–H groups in total. The summed E-state index contributed by atoms with van der Waals surface area (Å²) in [6.07, 6.45) is -1.48. The Morgan fingerprint density at radius 3 is 2.93 bits per heavy atom. The van der Waals surface area contributed by atoms with Crippen molar-refractivity contribution in [1.82, 2.24) is 9.80 Å². The predicted molar refractivity (Wildman–Crippen MR) is 46.0 cm³/mol. The zero-order chi connectivity index (χ0) is 10.3. The second-order valence-electron chi connectivity index (χ2n) is 3.58. The van der Waals surface area contributed by atoms with E-state index in [1.807, 2.05) is 0 Å². The number of carboxylic acid groups (broad SMARTS) is 1. The van der Waals surface area contributed by atoms with Crippen molar-refractivity contribution >= 4 is 12.2 Å². The Balaban J connectivity index is 2.09. The summed E-state index contributed by atoms with van der Waals surface area (Å²) < 4.78 is 5.00. The van der Waals surface area contributed by atoms with E-state index in [0.717, 1.165) is 0 Å². The van der Waals surface area contributed by atoms with Gasteiger partial charge in [-0.2, -0.15) is 0 Å². The number of hydrogen-bond donors (Lipinski definition) is 1. The summed E-state index contributed by atoms with van der Waals surface area (Å²) in [5.74, 6) is 0. The first-order valence-electron chi connectivity index (χ1n) is 4.54. The van der Waals surface area contributed by atoms with Gasteiger partial charge in [0.2, 0.25) is 0 Å². The van der Waals surface area contributed by atoms with Gasteiger partial charge < -0.3 is 14.7 Å². The maximum absolute atomic E-state index is 11.2. The van der Waals surface area contributed by atoms with E-state index in [9.17, 15) is 9.59 Å². The molecule has 0 radical (unpaired) electrons. The molecular weight excluding hydrogens is 188 g/mol. The molecule has 0 saturated carbocycles. The summed E-state index contributed by atoms with van der Waals surface area (Å²) in [7, 11) is 0. The molecule has 6 nitrogen and oxygen atoms in total. The lowest BCUT2D eigenvalue weighted by molar-refractivity contribution is 0.0925. The van der Waals surface area contributed by atoms with Crippen molar-refractivity contribution in [3.05, 3.63) is 0 Å². The van der Waals surface area contributed by atoms with Gasteiger partial charge in [0.05, 0.1) is 6.04 Å². The van der Waals surface area contributed by atoms with Crippen molar-refractivity contribution in [1.29, 1.82) is 0 Å². The monoisotopic (exact) mass is 200 g/mol. The van der Waals surface area contributed by atoms with Gasteiger partial charge in [0.15, 0.2) is 0 Å². The zero-order valence-corrected chi connectivity index (χ0v) is 7.84. The number of hydrogen-bond acceptors (Lipinski definition) is 3. The molecule has 2 heterocycles. The van der Waals surface area contributed by atoms with E-state index in [-0.39, 0.29) is 18.2 Å². The summed E-state index contributed by atoms with van der Waals surface area (Å²) in [6.45, 7) is 2.93. The van der Waals surface area contributed by atoms with Crippen LogP contribution in [0.4, 0.5) is 9.59 Å². The molecule has 0 bridgehead atoms. The van der Waals surface area contributed by atoms with Crippen LogP contribution >= 0.6 is 0 Å². The Hall–Kier alpha value is -1.46. The van der Waals surface area contributed by atoms with Crippen LogP contribution in [0, 0.1) is 0 Å². The van der Waals surface area contributed by atoms with Crippen molar-refractivity contribution < 1.29 is 19.4 Å². The van der Waals surface area contributed by atoms with E-state index in [1.165, 1.54) is 4.90 Å². The number of piperazine rings is 1. The summed E-state index contributed by atoms with van der Waals surface area (Å²) in [5.41, 5.74) is 0. The van der Waals surface area contributed by atoms with Crippen LogP contribution in [0.15, 0.2) is 0 Å². The third-order valence-corrected chi connectivity index (χ3v) is 2.75. The van der Waals surface area contributed by atoms with Crippen LogP contribution in [-0.2, 0) is 4.74 Å². The molecule has 0 aromatic carbocycles. The van der Waals surface area contributed by atoms with Gasteiger partial charge in [0.25, 0.3) is 0 Å². The Bertz CT molecular complexity index is 281. The molecule has 0 aliphatic carbocycles. The van der Waals surface area contributed by atoms with E-state index in [0.29, 0.717) is 19.6 Å². The van der Waals surface area contributed by atoms with Crippen LogP contribution in [0.5, 0.6) is 0 Å². The Morgan fingerprint density at radius 1 is 1.57 bits per heavy atom. The van der Waals surface area contributed by atoms with E-state index in [4.69, 9.17) is 9.84 Å². The van der Waals surface area contributed by atoms with Crippen LogP contribution in [0.1, 0.15) is 6.92 Å². The summed E-state index contributed by atoms with van der Waals surface area (Å²) in [6, 6.07) is -0.118. The number of ether oxygens (including phenoxy) is 1. The zero-order valence-electron chi connectivity index (χ0n) is 7.84. The quantitative estimate of drug-likeness (QED) is 0.606. The van der Waals surface area contributed by atoms with E-state index >= 15 is 0 Å². The smallest absolute Gasteiger partial charge is 0.410 e. The fourth-order valence-corrected chi connectivity index (χ4v) is 1.92. The molecule has 2 fully saturated rings. The summed E-state index contributed by atoms with van der Waals surface area (Å²) in [5, 5.41) is 8.79. The van der Waals surface area contributed by atoms with Gasteiger partial charge >= 0.3 is 12.2 Å². The second-order valence-corrected chi connectivity index (χ2v) is 3.58. The molecule has 2 rings (SSSR count). The van der Waals surface area contributed by atoms with E-state index < -0.39 is 6.09 Å². The molecule has 0 aromatic heterocycles. The van der Waals surface area contributed by atoms with Crippen molar-refractivity contribution in [3.63, 3.8) is 0 Å². The lowest BCUT2D eigenvalue weighted by atomic mass is 10.1. The molecular formula is C8H12N2O4. The number of carbonyl (C=O) groups is 2. The minimum absolute atomic E-state index is 0.118. The van der Waals surface area contributed by atoms with Crippen molar-refractivity contribution in [2.24, 2.45) is 0 Å². The van der Waals surface area contributed by atoms with Crippen LogP contribution in [0.25, 0.3) is 0 Å². The number of nitrogens with zero attached hydrogens (tertiary/aromatic N) is 2. The standard InChI is InChI=1S/C8H12N2O4/c1-5-6-4-9(7(11)12)2-3-10(6)8(13)14-5/h5-6H,2-4H2,1H3,(H,11,12)/t5-,6-/m0/s1. The molecule has 2 aliphatic rings. The third kappa shape index (κ3) is 1.26. The third-order valence-electron chi connectivity index (χ3n) is 2.75. The highest BCUT2D eigenvalue weighted by molar-refractivity contribution is 5.72. The highest BCUT2D eigenvalue weighted by Gasteiger charge is 2.43. The van der Waals surface area contributed by atoms with Crippen LogP contribution in [0.3, 0.4) is 0 Å². The Labute approximate surface area is 81.0 Å². The van der Waals surface area contributed by atoms with E-state index in [2.05, 4.69) is 0 Å². The average molecular weight is 200 g/mol. The van der Waals surface area contributed by atoms with Gasteiger partial charge in [0.1, 0.15) is 6.10 Å². The maximum Gasteiger partial charge on any atom is 0.410 e. The van der Waals surface area contributed by atoms with E-state index in [1.54, 1.807) is 11.8 Å². The normalized spacial score (nSPS) is 31.4. The SMILES string of the molecule is C[C@@H]1OC(=O)N2CCN(C(=O)O)C[C@@H]12. The highest BCUT2D eigenvalue weighted by Crippen LogP contribution is 2.23. The Morgan fingerprint density at radius 2 is 2.29 bits per heavy atom. The van der Waals surface area contributed by atoms with Crippen LogP contribution in [0.2, 0.25) is 0 Å². The van der Waals surface area contributed by atoms with Gasteiger partial charge in [0, 0.05) is 19.6 Å². The fraction of sp³-hybridized carbons (Fsp3) is 0.750. The first-order chi connectivity index (χ1) is 6.59. The predicted octanol–water partition coefficient (Wildman–Crippen LogP) is 0.189. The van der Waals surface area contributed by atoms with Gasteiger partial charge in [-0.05, 0) is 6.92 Å². The topological polar surface area (TPSA) is 70.1 Å². The van der Waals surface area contributed by atoms with Crippen LogP contribution < -0.4 is 0 Å². The molecule has 0 unspecified atom stereocenters. The summed E-state index contributed by atoms with van der Waals surface area (Å²) in [4.78, 5) is 24.9. The lowest BCUT2D eigenvalue weighted by Crippen LogP contribution is -2.54. The lowest BCUT2D eigenvalue weighted by Gasteiger charge is -2.34. The van der Waals surface area contributed by atoms with Gasteiger partial charge in [-0.25, -0.2) is 9.59 Å². The largest absolute Gasteiger partial charge is 0.465 e. The number of carbonyl (C=O) groups excluding carboxylic acids is 1. The molecule has 2 saturated heterocycles. The molecule has 2 atom stereocenters. The second kappa shape index (κ2) is 3.04. The van der Waals surface area contributed by atoms with Gasteiger partial charge in [-0.15, -0.1) is 0 Å². The molecule has 0 aromatic rings. The molecule has 2 amide bonds. The highest BCUT2D eigenvalue weighted by atomic mass is 16.6. The fourth-order valence-electron chi connectivity index (χ4n) is 1.92. The van der Waals surface area contributed by atoms with Crippen molar-refractivity contribution in [2.75, 3.05) is 19.6 Å². The first-order valence-corrected chi connectivity index (χ1v) is 4.54. The molecule has 0 spiro atoms. The van der Waals surface area contributed by atoms with Gasteiger partial charge in [-0.1, -0.05) is 0 Å². The minimum atomic E-state index is -0.934. The van der Waals surface area contributed by atoms with Gasteiger partial charge in [-0.3, -0.25) is 4.90 Å². The minimum Gasteiger partial charge on any atom is -0.465 e. The molecule has 14 heavy (non-hydrogen) atoms.